The van der Waals surface area contributed by atoms with Crippen LogP contribution in [0.2, 0.25) is 0 Å². The Balaban J connectivity index is 2.28. The largest absolute Gasteiger partial charge is 0.507 e. The molecular weight excluding hydrogens is 323 g/mol. The molecule has 132 valence electrons. The third-order valence-electron chi connectivity index (χ3n) is 3.84. The number of hydrogen-bond acceptors (Lipinski definition) is 4. The van der Waals surface area contributed by atoms with Crippen LogP contribution in [0.15, 0.2) is 28.9 Å². The summed E-state index contributed by atoms with van der Waals surface area (Å²) in [6, 6.07) is 2.61. The van der Waals surface area contributed by atoms with Crippen LogP contribution in [0.3, 0.4) is 0 Å². The Morgan fingerprint density at radius 2 is 2.00 bits per heavy atom. The first-order chi connectivity index (χ1) is 11.1. The van der Waals surface area contributed by atoms with Gasteiger partial charge in [0.1, 0.15) is 5.75 Å². The number of phenols is 1. The van der Waals surface area contributed by atoms with Gasteiger partial charge in [-0.05, 0) is 31.5 Å². The number of guanidine groups is 1. The molecule has 0 spiro atoms. The lowest BCUT2D eigenvalue weighted by molar-refractivity contribution is -0.137. The third-order valence-corrected chi connectivity index (χ3v) is 3.84. The lowest BCUT2D eigenvalue weighted by Crippen LogP contribution is -2.37. The summed E-state index contributed by atoms with van der Waals surface area (Å²) in [5.41, 5.74) is 17.1. The number of halogens is 3. The molecule has 0 aliphatic carbocycles. The van der Waals surface area contributed by atoms with Gasteiger partial charge < -0.3 is 27.2 Å². The number of nitrogens with two attached hydrogens (primary N) is 3. The second-order valence-corrected chi connectivity index (χ2v) is 5.69. The van der Waals surface area contributed by atoms with Gasteiger partial charge in [0.25, 0.3) is 0 Å². The highest BCUT2D eigenvalue weighted by molar-refractivity contribution is 5.81. The fourth-order valence-corrected chi connectivity index (χ4v) is 2.43. The van der Waals surface area contributed by atoms with Gasteiger partial charge in [0.15, 0.2) is 5.96 Å². The standard InChI is InChI=1S/C15H20F3N5O/c1-8(22-14(21)23-5-4-10(19)7-23)13(20)11-3-2-9(6-12(11)24)15(16,17)18/h2-3,6,10,24H,4-5,7,19-20H2,1H3,(H2,21,22)/b13-8-. The molecule has 1 aromatic rings. The van der Waals surface area contributed by atoms with Gasteiger partial charge in [0.05, 0.1) is 17.0 Å². The fraction of sp³-hybridized carbons (Fsp3) is 0.400. The highest BCUT2D eigenvalue weighted by Gasteiger charge is 2.31. The summed E-state index contributed by atoms with van der Waals surface area (Å²) in [4.78, 5) is 5.97. The number of hydrogen-bond donors (Lipinski definition) is 4. The summed E-state index contributed by atoms with van der Waals surface area (Å²) in [6.07, 6.45) is -3.74. The highest BCUT2D eigenvalue weighted by Crippen LogP contribution is 2.34. The smallest absolute Gasteiger partial charge is 0.416 e. The van der Waals surface area contributed by atoms with Crippen molar-refractivity contribution in [3.63, 3.8) is 0 Å². The molecule has 9 heteroatoms. The summed E-state index contributed by atoms with van der Waals surface area (Å²) in [5, 5.41) is 9.83. The Morgan fingerprint density at radius 1 is 1.33 bits per heavy atom. The minimum Gasteiger partial charge on any atom is -0.507 e. The van der Waals surface area contributed by atoms with E-state index in [4.69, 9.17) is 17.2 Å². The molecule has 24 heavy (non-hydrogen) atoms. The molecule has 1 aliphatic rings. The van der Waals surface area contributed by atoms with Crippen molar-refractivity contribution < 1.29 is 18.3 Å². The van der Waals surface area contributed by atoms with Gasteiger partial charge in [-0.1, -0.05) is 0 Å². The Bertz CT molecular complexity index is 684. The highest BCUT2D eigenvalue weighted by atomic mass is 19.4. The number of alkyl halides is 3. The second-order valence-electron chi connectivity index (χ2n) is 5.69. The van der Waals surface area contributed by atoms with Crippen LogP contribution in [0.5, 0.6) is 5.75 Å². The van der Waals surface area contributed by atoms with Crippen molar-refractivity contribution in [2.75, 3.05) is 13.1 Å². The molecule has 0 bridgehead atoms. The first kappa shape index (κ1) is 17.9. The van der Waals surface area contributed by atoms with Crippen LogP contribution in [0, 0.1) is 0 Å². The zero-order valence-electron chi connectivity index (χ0n) is 13.1. The number of nitrogens with zero attached hydrogens (tertiary/aromatic N) is 2. The van der Waals surface area contributed by atoms with E-state index in [1.54, 1.807) is 11.8 Å². The van der Waals surface area contributed by atoms with Crippen LogP contribution in [0.1, 0.15) is 24.5 Å². The molecule has 0 amide bonds. The van der Waals surface area contributed by atoms with Crippen LogP contribution in [-0.2, 0) is 6.18 Å². The van der Waals surface area contributed by atoms with Crippen LogP contribution in [0.25, 0.3) is 5.70 Å². The maximum atomic E-state index is 12.6. The Kier molecular flexibility index (Phi) is 4.93. The van der Waals surface area contributed by atoms with Crippen LogP contribution in [-0.4, -0.2) is 35.1 Å². The first-order valence-corrected chi connectivity index (χ1v) is 7.31. The van der Waals surface area contributed by atoms with Crippen molar-refractivity contribution in [1.29, 1.82) is 0 Å². The van der Waals surface area contributed by atoms with E-state index >= 15 is 0 Å². The van der Waals surface area contributed by atoms with Crippen molar-refractivity contribution in [3.05, 3.63) is 35.0 Å². The molecule has 1 aliphatic heterocycles. The molecule has 0 aromatic heterocycles. The number of aromatic hydroxyl groups is 1. The molecule has 0 radical (unpaired) electrons. The summed E-state index contributed by atoms with van der Waals surface area (Å²) >= 11 is 0. The lowest BCUT2D eigenvalue weighted by Gasteiger charge is -2.17. The molecule has 2 rings (SSSR count). The predicted octanol–water partition coefficient (Wildman–Crippen LogP) is 1.41. The lowest BCUT2D eigenvalue weighted by atomic mass is 10.1. The number of rotatable bonds is 2. The SMILES string of the molecule is C/C(N=C(N)N1CCC(N)C1)=C(/N)c1ccc(C(F)(F)F)cc1O. The number of likely N-dealkylation sites (tertiary alicyclic amines) is 1. The maximum absolute atomic E-state index is 12.6. The van der Waals surface area contributed by atoms with E-state index in [0.29, 0.717) is 24.9 Å². The number of aliphatic imine (C=N–C) groups is 1. The quantitative estimate of drug-likeness (QED) is 0.479. The van der Waals surface area contributed by atoms with E-state index in [0.717, 1.165) is 18.6 Å². The Labute approximate surface area is 137 Å². The first-order valence-electron chi connectivity index (χ1n) is 7.31. The molecule has 1 heterocycles. The molecule has 1 aromatic carbocycles. The Morgan fingerprint density at radius 3 is 2.50 bits per heavy atom. The van der Waals surface area contributed by atoms with Crippen molar-refractivity contribution in [3.8, 4) is 5.75 Å². The number of allylic oxidation sites excluding steroid dienone is 1. The predicted molar refractivity (Wildman–Crippen MR) is 85.7 cm³/mol. The fourth-order valence-electron chi connectivity index (χ4n) is 2.43. The van der Waals surface area contributed by atoms with Gasteiger partial charge in [-0.15, -0.1) is 0 Å². The zero-order chi connectivity index (χ0) is 18.1. The zero-order valence-corrected chi connectivity index (χ0v) is 13.1. The molecular formula is C15H20F3N5O. The van der Waals surface area contributed by atoms with Gasteiger partial charge >= 0.3 is 6.18 Å². The van der Waals surface area contributed by atoms with E-state index in [-0.39, 0.29) is 23.3 Å². The number of benzene rings is 1. The second kappa shape index (κ2) is 6.60. The molecule has 1 atom stereocenters. The van der Waals surface area contributed by atoms with E-state index in [9.17, 15) is 18.3 Å². The van der Waals surface area contributed by atoms with Gasteiger partial charge in [-0.25, -0.2) is 4.99 Å². The minimum absolute atomic E-state index is 0.0272. The summed E-state index contributed by atoms with van der Waals surface area (Å²) in [7, 11) is 0. The summed E-state index contributed by atoms with van der Waals surface area (Å²) in [5.74, 6) is -0.339. The Hall–Kier alpha value is -2.42. The summed E-state index contributed by atoms with van der Waals surface area (Å²) < 4.78 is 37.9. The van der Waals surface area contributed by atoms with E-state index in [1.807, 2.05) is 0 Å². The van der Waals surface area contributed by atoms with Gasteiger partial charge in [0, 0.05) is 24.7 Å². The van der Waals surface area contributed by atoms with Gasteiger partial charge in [-0.2, -0.15) is 13.2 Å². The average molecular weight is 343 g/mol. The van der Waals surface area contributed by atoms with Gasteiger partial charge in [-0.3, -0.25) is 0 Å². The molecule has 0 saturated carbocycles. The molecule has 1 fully saturated rings. The third kappa shape index (κ3) is 3.91. The number of phenolic OH excluding ortho intramolecular Hbond substituents is 1. The van der Waals surface area contributed by atoms with Crippen molar-refractivity contribution in [1.82, 2.24) is 4.90 Å². The molecule has 1 unspecified atom stereocenters. The minimum atomic E-state index is -4.54. The van der Waals surface area contributed by atoms with Crippen LogP contribution >= 0.6 is 0 Å². The molecule has 7 N–H and O–H groups in total. The van der Waals surface area contributed by atoms with Crippen LogP contribution in [0.4, 0.5) is 13.2 Å². The van der Waals surface area contributed by atoms with Crippen molar-refractivity contribution in [2.24, 2.45) is 22.2 Å². The monoisotopic (exact) mass is 343 g/mol. The maximum Gasteiger partial charge on any atom is 0.416 e. The summed E-state index contributed by atoms with van der Waals surface area (Å²) in [6.45, 7) is 2.82. The molecule has 6 nitrogen and oxygen atoms in total. The van der Waals surface area contributed by atoms with Crippen molar-refractivity contribution in [2.45, 2.75) is 25.6 Å². The van der Waals surface area contributed by atoms with Gasteiger partial charge in [0.2, 0.25) is 0 Å². The van der Waals surface area contributed by atoms with E-state index in [1.165, 1.54) is 0 Å². The topological polar surface area (TPSA) is 114 Å². The van der Waals surface area contributed by atoms with E-state index < -0.39 is 17.5 Å². The van der Waals surface area contributed by atoms with Crippen molar-refractivity contribution >= 4 is 11.7 Å². The molecule has 1 saturated heterocycles. The van der Waals surface area contributed by atoms with Crippen LogP contribution < -0.4 is 17.2 Å². The average Bonchev–Trinajstić information content (AvgIpc) is 2.92. The van der Waals surface area contributed by atoms with E-state index in [2.05, 4.69) is 4.99 Å². The normalized spacial score (nSPS) is 20.3.